The zero-order valence-electron chi connectivity index (χ0n) is 11.9. The lowest BCUT2D eigenvalue weighted by Gasteiger charge is -2.22. The monoisotopic (exact) mass is 312 g/mol. The smallest absolute Gasteiger partial charge is 0.293 e. The highest BCUT2D eigenvalue weighted by Gasteiger charge is 2.27. The molecule has 1 amide bonds. The summed E-state index contributed by atoms with van der Waals surface area (Å²) in [5.74, 6) is -0.528. The van der Waals surface area contributed by atoms with Crippen molar-refractivity contribution in [3.63, 3.8) is 0 Å². The molecule has 0 aliphatic carbocycles. The molecule has 5 heteroatoms. The second-order valence-corrected chi connectivity index (χ2v) is 5.40. The van der Waals surface area contributed by atoms with Gasteiger partial charge in [-0.3, -0.25) is 19.5 Å². The maximum atomic E-state index is 11.8. The number of amides is 1. The van der Waals surface area contributed by atoms with E-state index in [1.54, 1.807) is 7.05 Å². The van der Waals surface area contributed by atoms with Crippen LogP contribution in [0.3, 0.4) is 0 Å². The minimum absolute atomic E-state index is 0.102. The van der Waals surface area contributed by atoms with E-state index in [4.69, 9.17) is 11.6 Å². The van der Waals surface area contributed by atoms with Crippen molar-refractivity contribution in [2.75, 3.05) is 13.6 Å². The number of carbonyl (C=O) groups excluding carboxylic acids is 2. The molecular formula is C17H13ClN2O2. The number of benzene rings is 2. The van der Waals surface area contributed by atoms with E-state index < -0.39 is 11.7 Å². The van der Waals surface area contributed by atoms with Crippen LogP contribution in [0.1, 0.15) is 5.56 Å². The number of hydrogen-bond acceptors (Lipinski definition) is 3. The second kappa shape index (κ2) is 5.73. The Morgan fingerprint density at radius 2 is 1.77 bits per heavy atom. The molecule has 0 saturated heterocycles. The number of ketones is 1. The highest BCUT2D eigenvalue weighted by molar-refractivity contribution is 6.42. The number of rotatable bonds is 2. The quantitative estimate of drug-likeness (QED) is 0.801. The maximum Gasteiger partial charge on any atom is 0.297 e. The first-order valence-electron chi connectivity index (χ1n) is 6.78. The van der Waals surface area contributed by atoms with Crippen LogP contribution in [-0.2, 0) is 9.59 Å². The van der Waals surface area contributed by atoms with E-state index in [-0.39, 0.29) is 6.54 Å². The van der Waals surface area contributed by atoms with Gasteiger partial charge in [0, 0.05) is 23.2 Å². The van der Waals surface area contributed by atoms with Gasteiger partial charge in [0.2, 0.25) is 5.78 Å². The Balaban J connectivity index is 2.04. The number of aliphatic imine (C=N–C) groups is 1. The first kappa shape index (κ1) is 14.5. The van der Waals surface area contributed by atoms with Crippen LogP contribution in [0.4, 0.5) is 0 Å². The van der Waals surface area contributed by atoms with Crippen LogP contribution in [0.2, 0.25) is 5.02 Å². The number of nitrogens with zero attached hydrogens (tertiary/aromatic N) is 2. The van der Waals surface area contributed by atoms with Gasteiger partial charge in [0.15, 0.2) is 0 Å². The van der Waals surface area contributed by atoms with Crippen LogP contribution < -0.4 is 0 Å². The fourth-order valence-electron chi connectivity index (χ4n) is 2.41. The largest absolute Gasteiger partial charge is 0.297 e. The van der Waals surface area contributed by atoms with Crippen molar-refractivity contribution < 1.29 is 9.59 Å². The Bertz CT molecular complexity index is 799. The van der Waals surface area contributed by atoms with Gasteiger partial charge in [0.05, 0.1) is 0 Å². The third kappa shape index (κ3) is 2.53. The summed E-state index contributed by atoms with van der Waals surface area (Å²) in [6, 6.07) is 15.2. The molecule has 2 aromatic carbocycles. The van der Waals surface area contributed by atoms with Crippen LogP contribution in [0, 0.1) is 0 Å². The van der Waals surface area contributed by atoms with Crippen molar-refractivity contribution in [3.8, 4) is 11.1 Å². The van der Waals surface area contributed by atoms with Gasteiger partial charge in [-0.15, -0.1) is 0 Å². The van der Waals surface area contributed by atoms with Gasteiger partial charge >= 0.3 is 0 Å². The Morgan fingerprint density at radius 3 is 2.55 bits per heavy atom. The molecule has 1 aliphatic rings. The molecule has 0 saturated carbocycles. The Morgan fingerprint density at radius 1 is 1.05 bits per heavy atom. The molecule has 1 aliphatic heterocycles. The molecule has 110 valence electrons. The zero-order chi connectivity index (χ0) is 15.7. The number of Topliss-reactive ketones (excluding diaryl/α,β-unsaturated/α-hetero) is 1. The lowest BCUT2D eigenvalue weighted by molar-refractivity contribution is -0.141. The summed E-state index contributed by atoms with van der Waals surface area (Å²) < 4.78 is 0. The number of likely N-dealkylation sites (N-methyl/N-ethyl adjacent to an activating group) is 1. The normalized spacial score (nSPS) is 15.0. The summed E-state index contributed by atoms with van der Waals surface area (Å²) in [5, 5.41) is 0.657. The minimum Gasteiger partial charge on any atom is -0.293 e. The predicted octanol–water partition coefficient (Wildman–Crippen LogP) is 2.79. The molecule has 1 heterocycles. The Hall–Kier alpha value is -2.46. The molecule has 0 aromatic heterocycles. The van der Waals surface area contributed by atoms with Crippen molar-refractivity contribution in [2.24, 2.45) is 4.99 Å². The lowest BCUT2D eigenvalue weighted by atomic mass is 10.0. The summed E-state index contributed by atoms with van der Waals surface area (Å²) in [7, 11) is 1.56. The molecule has 4 nitrogen and oxygen atoms in total. The number of carbonyl (C=O) groups is 2. The van der Waals surface area contributed by atoms with E-state index >= 15 is 0 Å². The van der Waals surface area contributed by atoms with Crippen molar-refractivity contribution in [2.45, 2.75) is 0 Å². The van der Waals surface area contributed by atoms with E-state index in [0.29, 0.717) is 10.9 Å². The molecule has 0 radical (unpaired) electrons. The average molecular weight is 313 g/mol. The van der Waals surface area contributed by atoms with Crippen LogP contribution in [0.25, 0.3) is 11.1 Å². The Kier molecular flexibility index (Phi) is 3.77. The van der Waals surface area contributed by atoms with Gasteiger partial charge in [0.1, 0.15) is 12.4 Å². The molecule has 3 rings (SSSR count). The molecule has 0 fully saturated rings. The van der Waals surface area contributed by atoms with Gasteiger partial charge in [-0.1, -0.05) is 48.0 Å². The molecule has 0 atom stereocenters. The van der Waals surface area contributed by atoms with Gasteiger partial charge in [0.25, 0.3) is 5.91 Å². The van der Waals surface area contributed by atoms with E-state index in [1.165, 1.54) is 4.90 Å². The highest BCUT2D eigenvalue weighted by Crippen LogP contribution is 2.28. The molecule has 0 spiro atoms. The summed E-state index contributed by atoms with van der Waals surface area (Å²) >= 11 is 6.23. The van der Waals surface area contributed by atoms with Gasteiger partial charge in [-0.2, -0.15) is 0 Å². The van der Waals surface area contributed by atoms with Crippen LogP contribution >= 0.6 is 11.6 Å². The zero-order valence-corrected chi connectivity index (χ0v) is 12.7. The Labute approximate surface area is 133 Å². The van der Waals surface area contributed by atoms with E-state index in [9.17, 15) is 9.59 Å². The van der Waals surface area contributed by atoms with Crippen molar-refractivity contribution in [1.29, 1.82) is 0 Å². The summed E-state index contributed by atoms with van der Waals surface area (Å²) in [6.07, 6.45) is 0. The van der Waals surface area contributed by atoms with E-state index in [1.807, 2.05) is 48.5 Å². The maximum absolute atomic E-state index is 11.8. The topological polar surface area (TPSA) is 49.7 Å². The van der Waals surface area contributed by atoms with E-state index in [2.05, 4.69) is 4.99 Å². The highest BCUT2D eigenvalue weighted by atomic mass is 35.5. The summed E-state index contributed by atoms with van der Waals surface area (Å²) in [6.45, 7) is -0.102. The molecule has 22 heavy (non-hydrogen) atoms. The third-order valence-corrected chi connectivity index (χ3v) is 3.87. The molecule has 0 bridgehead atoms. The first-order chi connectivity index (χ1) is 10.6. The standard InChI is InChI=1S/C17H13ClN2O2/c1-20-16(19-10-15(21)17(20)22)12-6-4-5-11(9-12)13-7-2-3-8-14(13)18/h2-9H,10H2,1H3. The van der Waals surface area contributed by atoms with Crippen molar-refractivity contribution in [3.05, 3.63) is 59.1 Å². The first-order valence-corrected chi connectivity index (χ1v) is 7.16. The SMILES string of the molecule is CN1C(=O)C(=O)CN=C1c1cccc(-c2ccccc2Cl)c1. The van der Waals surface area contributed by atoms with Gasteiger partial charge in [-0.25, -0.2) is 0 Å². The van der Waals surface area contributed by atoms with Crippen LogP contribution in [0.5, 0.6) is 0 Å². The fourth-order valence-corrected chi connectivity index (χ4v) is 2.65. The second-order valence-electron chi connectivity index (χ2n) is 4.99. The molecule has 0 N–H and O–H groups in total. The van der Waals surface area contributed by atoms with E-state index in [0.717, 1.165) is 16.7 Å². The van der Waals surface area contributed by atoms with Gasteiger partial charge in [-0.05, 0) is 17.7 Å². The molecular weight excluding hydrogens is 300 g/mol. The number of hydrogen-bond donors (Lipinski definition) is 0. The van der Waals surface area contributed by atoms with Crippen molar-refractivity contribution in [1.82, 2.24) is 4.90 Å². The van der Waals surface area contributed by atoms with Crippen molar-refractivity contribution >= 4 is 29.1 Å². The summed E-state index contributed by atoms with van der Waals surface area (Å²) in [4.78, 5) is 28.7. The summed E-state index contributed by atoms with van der Waals surface area (Å²) in [5.41, 5.74) is 2.62. The van der Waals surface area contributed by atoms with Crippen LogP contribution in [-0.4, -0.2) is 36.0 Å². The number of amidine groups is 1. The number of halogens is 1. The van der Waals surface area contributed by atoms with Gasteiger partial charge < -0.3 is 0 Å². The van der Waals surface area contributed by atoms with Crippen LogP contribution in [0.15, 0.2) is 53.5 Å². The third-order valence-electron chi connectivity index (χ3n) is 3.54. The average Bonchev–Trinajstić information content (AvgIpc) is 2.53. The minimum atomic E-state index is -0.534. The molecule has 2 aromatic rings. The fraction of sp³-hybridized carbons (Fsp3) is 0.118. The molecule has 0 unspecified atom stereocenters. The lowest BCUT2D eigenvalue weighted by Crippen LogP contribution is -2.43. The predicted molar refractivity (Wildman–Crippen MR) is 86.1 cm³/mol.